The highest BCUT2D eigenvalue weighted by Crippen LogP contribution is 2.35. The third-order valence-electron chi connectivity index (χ3n) is 3.90. The van der Waals surface area contributed by atoms with Gasteiger partial charge in [0.1, 0.15) is 23.8 Å². The summed E-state index contributed by atoms with van der Waals surface area (Å²) < 4.78 is 24.1. The van der Waals surface area contributed by atoms with Gasteiger partial charge in [0.25, 0.3) is 0 Å². The van der Waals surface area contributed by atoms with Crippen molar-refractivity contribution < 1.29 is 18.9 Å². The molecule has 1 fully saturated rings. The summed E-state index contributed by atoms with van der Waals surface area (Å²) in [6, 6.07) is 0. The van der Waals surface area contributed by atoms with Crippen LogP contribution in [0.2, 0.25) is 0 Å². The standard InChI is InChI=1S/C13H20N6O4/c1-20-4-6-8(21-2)9(22-3)12(23-6)19-5-16-7-10(14)17-13(15)18-11(7)19/h5-6,8-9,12H,4H2,1-3H3,(H4,14,15,17,18)/t6-,8?,9+,12-/m1/s1. The van der Waals surface area contributed by atoms with Crippen LogP contribution in [-0.2, 0) is 18.9 Å². The summed E-state index contributed by atoms with van der Waals surface area (Å²) in [7, 11) is 4.81. The quantitative estimate of drug-likeness (QED) is 0.751. The van der Waals surface area contributed by atoms with Crippen molar-refractivity contribution >= 4 is 22.9 Å². The molecule has 0 radical (unpaired) electrons. The summed E-state index contributed by atoms with van der Waals surface area (Å²) in [5.41, 5.74) is 12.5. The van der Waals surface area contributed by atoms with Crippen LogP contribution in [0.15, 0.2) is 6.33 Å². The topological polar surface area (TPSA) is 133 Å². The van der Waals surface area contributed by atoms with Crippen molar-refractivity contribution in [3.63, 3.8) is 0 Å². The highest BCUT2D eigenvalue weighted by molar-refractivity contribution is 5.82. The van der Waals surface area contributed by atoms with Gasteiger partial charge in [0, 0.05) is 21.3 Å². The zero-order chi connectivity index (χ0) is 16.6. The van der Waals surface area contributed by atoms with Gasteiger partial charge in [-0.2, -0.15) is 9.97 Å². The second-order valence-corrected chi connectivity index (χ2v) is 5.21. The lowest BCUT2D eigenvalue weighted by Gasteiger charge is -2.22. The zero-order valence-corrected chi connectivity index (χ0v) is 13.2. The number of aromatic nitrogens is 4. The van der Waals surface area contributed by atoms with Crippen LogP contribution in [0.4, 0.5) is 11.8 Å². The molecule has 1 aliphatic rings. The Bertz CT molecular complexity index is 692. The van der Waals surface area contributed by atoms with E-state index < -0.39 is 6.23 Å². The molecule has 1 aliphatic heterocycles. The Hall–Kier alpha value is -2.01. The second-order valence-electron chi connectivity index (χ2n) is 5.21. The van der Waals surface area contributed by atoms with Gasteiger partial charge in [0.05, 0.1) is 12.9 Å². The smallest absolute Gasteiger partial charge is 0.224 e. The summed E-state index contributed by atoms with van der Waals surface area (Å²) in [6.45, 7) is 0.376. The van der Waals surface area contributed by atoms with Crippen LogP contribution in [0.5, 0.6) is 0 Å². The molecule has 126 valence electrons. The summed E-state index contributed by atoms with van der Waals surface area (Å²) in [5.74, 6) is 0.287. The molecule has 1 saturated heterocycles. The molecule has 10 heteroatoms. The van der Waals surface area contributed by atoms with E-state index >= 15 is 0 Å². The summed E-state index contributed by atoms with van der Waals surface area (Å²) in [4.78, 5) is 12.4. The number of fused-ring (bicyclic) bond motifs is 1. The van der Waals surface area contributed by atoms with Crippen molar-refractivity contribution in [2.24, 2.45) is 0 Å². The van der Waals surface area contributed by atoms with E-state index in [0.29, 0.717) is 17.8 Å². The fourth-order valence-corrected chi connectivity index (χ4v) is 2.91. The predicted octanol–water partition coefficient (Wildman–Crippen LogP) is -0.435. The van der Waals surface area contributed by atoms with Crippen molar-refractivity contribution in [2.75, 3.05) is 39.4 Å². The highest BCUT2D eigenvalue weighted by atomic mass is 16.6. The van der Waals surface area contributed by atoms with Crippen LogP contribution in [0.1, 0.15) is 6.23 Å². The third kappa shape index (κ3) is 2.59. The van der Waals surface area contributed by atoms with Gasteiger partial charge in [-0.25, -0.2) is 4.98 Å². The molecule has 2 aromatic heterocycles. The summed E-state index contributed by atoms with van der Waals surface area (Å²) >= 11 is 0. The Labute approximate surface area is 132 Å². The van der Waals surface area contributed by atoms with Gasteiger partial charge in [-0.1, -0.05) is 0 Å². The van der Waals surface area contributed by atoms with Crippen molar-refractivity contribution in [3.05, 3.63) is 6.33 Å². The van der Waals surface area contributed by atoms with Gasteiger partial charge in [0.2, 0.25) is 5.95 Å². The normalized spacial score (nSPS) is 27.8. The van der Waals surface area contributed by atoms with Crippen molar-refractivity contribution in [3.8, 4) is 0 Å². The van der Waals surface area contributed by atoms with E-state index in [4.69, 9.17) is 30.4 Å². The van der Waals surface area contributed by atoms with Crippen molar-refractivity contribution in [2.45, 2.75) is 24.5 Å². The van der Waals surface area contributed by atoms with E-state index in [9.17, 15) is 0 Å². The van der Waals surface area contributed by atoms with Gasteiger partial charge in [-0.15, -0.1) is 0 Å². The van der Waals surface area contributed by atoms with E-state index in [1.807, 2.05) is 0 Å². The van der Waals surface area contributed by atoms with Crippen LogP contribution >= 0.6 is 0 Å². The lowest BCUT2D eigenvalue weighted by Crippen LogP contribution is -2.36. The summed E-state index contributed by atoms with van der Waals surface area (Å²) in [5, 5.41) is 0. The number of rotatable bonds is 5. The van der Waals surface area contributed by atoms with Crippen LogP contribution in [0.3, 0.4) is 0 Å². The van der Waals surface area contributed by atoms with Crippen LogP contribution in [0.25, 0.3) is 11.2 Å². The fraction of sp³-hybridized carbons (Fsp3) is 0.615. The molecule has 3 rings (SSSR count). The maximum atomic E-state index is 6.05. The Morgan fingerprint density at radius 1 is 1.17 bits per heavy atom. The van der Waals surface area contributed by atoms with Gasteiger partial charge < -0.3 is 30.4 Å². The van der Waals surface area contributed by atoms with Crippen molar-refractivity contribution in [1.29, 1.82) is 0 Å². The predicted molar refractivity (Wildman–Crippen MR) is 81.5 cm³/mol. The first-order chi connectivity index (χ1) is 11.1. The number of methoxy groups -OCH3 is 3. The van der Waals surface area contributed by atoms with Crippen molar-refractivity contribution in [1.82, 2.24) is 19.5 Å². The number of hydrogen-bond donors (Lipinski definition) is 2. The third-order valence-corrected chi connectivity index (χ3v) is 3.90. The molecule has 10 nitrogen and oxygen atoms in total. The average molecular weight is 324 g/mol. The number of imidazole rings is 1. The Morgan fingerprint density at radius 2 is 1.91 bits per heavy atom. The number of ether oxygens (including phenoxy) is 4. The molecule has 4 atom stereocenters. The lowest BCUT2D eigenvalue weighted by atomic mass is 10.1. The molecular weight excluding hydrogens is 304 g/mol. The molecule has 2 aromatic rings. The zero-order valence-electron chi connectivity index (χ0n) is 13.2. The first-order valence-electron chi connectivity index (χ1n) is 7.06. The Balaban J connectivity index is 2.03. The molecule has 3 heterocycles. The number of hydrogen-bond acceptors (Lipinski definition) is 9. The van der Waals surface area contributed by atoms with E-state index in [-0.39, 0.29) is 30.1 Å². The van der Waals surface area contributed by atoms with Crippen LogP contribution in [-0.4, -0.2) is 65.8 Å². The Kier molecular flexibility index (Phi) is 4.31. The maximum Gasteiger partial charge on any atom is 0.224 e. The first-order valence-corrected chi connectivity index (χ1v) is 7.06. The minimum absolute atomic E-state index is 0.0699. The van der Waals surface area contributed by atoms with Gasteiger partial charge in [-0.3, -0.25) is 4.57 Å². The molecule has 0 aliphatic carbocycles. The maximum absolute atomic E-state index is 6.05. The molecular formula is C13H20N6O4. The van der Waals surface area contributed by atoms with Gasteiger partial charge >= 0.3 is 0 Å². The number of nitrogens with zero attached hydrogens (tertiary/aromatic N) is 4. The monoisotopic (exact) mass is 324 g/mol. The van der Waals surface area contributed by atoms with E-state index in [0.717, 1.165) is 0 Å². The van der Waals surface area contributed by atoms with E-state index in [2.05, 4.69) is 15.0 Å². The molecule has 0 bridgehead atoms. The molecule has 0 spiro atoms. The van der Waals surface area contributed by atoms with Crippen LogP contribution < -0.4 is 11.5 Å². The largest absolute Gasteiger partial charge is 0.382 e. The number of anilines is 2. The molecule has 0 amide bonds. The number of nitrogens with two attached hydrogens (primary N) is 2. The average Bonchev–Trinajstić information content (AvgIpc) is 3.08. The van der Waals surface area contributed by atoms with Gasteiger partial charge in [-0.05, 0) is 0 Å². The van der Waals surface area contributed by atoms with E-state index in [1.165, 1.54) is 0 Å². The molecule has 23 heavy (non-hydrogen) atoms. The highest BCUT2D eigenvalue weighted by Gasteiger charge is 2.46. The fourth-order valence-electron chi connectivity index (χ4n) is 2.91. The minimum atomic E-state index is -0.496. The molecule has 0 aromatic carbocycles. The lowest BCUT2D eigenvalue weighted by molar-refractivity contribution is -0.0636. The summed E-state index contributed by atoms with van der Waals surface area (Å²) in [6.07, 6.45) is 0.139. The van der Waals surface area contributed by atoms with Gasteiger partial charge in [0.15, 0.2) is 17.7 Å². The SMILES string of the molecule is COC[C@H]1O[C@@H](n2cnc3c(N)nc(N)nc32)[C@@H](OC)C1OC. The molecule has 4 N–H and O–H groups in total. The molecule has 0 saturated carbocycles. The second kappa shape index (κ2) is 6.24. The van der Waals surface area contributed by atoms with E-state index in [1.54, 1.807) is 32.2 Å². The Morgan fingerprint density at radius 3 is 2.57 bits per heavy atom. The van der Waals surface area contributed by atoms with Crippen LogP contribution in [0, 0.1) is 0 Å². The minimum Gasteiger partial charge on any atom is -0.382 e. The molecule has 1 unspecified atom stereocenters. The number of nitrogen functional groups attached to an aromatic ring is 2. The first kappa shape index (κ1) is 15.9.